The van der Waals surface area contributed by atoms with Gasteiger partial charge < -0.3 is 25.4 Å². The molecule has 218 valence electrons. The van der Waals surface area contributed by atoms with E-state index in [0.29, 0.717) is 21.8 Å². The number of carbonyl (C=O) groups excluding carboxylic acids is 3. The normalized spacial score (nSPS) is 12.7. The van der Waals surface area contributed by atoms with E-state index in [0.717, 1.165) is 16.7 Å². The molecule has 8 nitrogen and oxygen atoms in total. The van der Waals surface area contributed by atoms with E-state index in [1.165, 1.54) is 24.1 Å². The summed E-state index contributed by atoms with van der Waals surface area (Å²) < 4.78 is 5.43. The van der Waals surface area contributed by atoms with E-state index in [-0.39, 0.29) is 12.2 Å². The van der Waals surface area contributed by atoms with Crippen molar-refractivity contribution in [3.63, 3.8) is 0 Å². The third-order valence-corrected chi connectivity index (χ3v) is 6.98. The fourth-order valence-corrected chi connectivity index (χ4v) is 4.63. The summed E-state index contributed by atoms with van der Waals surface area (Å²) in [6, 6.07) is 15.1. The minimum absolute atomic E-state index is 0.0789. The first kappa shape index (κ1) is 31.5. The number of amides is 3. The molecule has 0 aliphatic carbocycles. The molecule has 0 fully saturated rings. The zero-order valence-electron chi connectivity index (χ0n) is 24.5. The smallest absolute Gasteiger partial charge is 0.408 e. The maximum absolute atomic E-state index is 14.1. The highest BCUT2D eigenvalue weighted by molar-refractivity contribution is 6.34. The summed E-state index contributed by atoms with van der Waals surface area (Å²) >= 11 is 6.40. The number of para-hydroxylation sites is 1. The lowest BCUT2D eigenvalue weighted by atomic mass is 9.97. The zero-order chi connectivity index (χ0) is 30.5. The van der Waals surface area contributed by atoms with Crippen LogP contribution in [0.3, 0.4) is 0 Å². The van der Waals surface area contributed by atoms with Gasteiger partial charge in [0.15, 0.2) is 0 Å². The highest BCUT2D eigenvalue weighted by Crippen LogP contribution is 2.29. The van der Waals surface area contributed by atoms with E-state index in [1.54, 1.807) is 45.0 Å². The number of hydrogen-bond donors (Lipinski definition) is 3. The third kappa shape index (κ3) is 8.47. The van der Waals surface area contributed by atoms with Crippen molar-refractivity contribution in [2.24, 2.45) is 0 Å². The second kappa shape index (κ2) is 13.1. The van der Waals surface area contributed by atoms with Gasteiger partial charge in [0.05, 0.1) is 10.7 Å². The summed E-state index contributed by atoms with van der Waals surface area (Å²) in [5.74, 6) is -0.880. The molecule has 3 aromatic rings. The average molecular weight is 580 g/mol. The van der Waals surface area contributed by atoms with Gasteiger partial charge in [0.2, 0.25) is 5.91 Å². The Morgan fingerprint density at radius 3 is 2.20 bits per heavy atom. The number of ether oxygens (including phenoxy) is 1. The monoisotopic (exact) mass is 579 g/mol. The standard InChI is InChI=1S/C32H38ClN3O5/c1-19-11-14-23(17-21(19)3)28(29(38)35-27-20(2)9-8-10-25(27)33)36(7)30(39)26(34-31(40)41-32(4,5)6)18-22-12-15-24(37)16-13-22/h8-17,26,28,37H,18H2,1-7H3,(H,34,40)(H,35,38). The molecule has 0 heterocycles. The van der Waals surface area contributed by atoms with Crippen LogP contribution in [-0.2, 0) is 20.7 Å². The Hall–Kier alpha value is -4.04. The number of phenolic OH excluding ortho intramolecular Hbond substituents is 1. The molecule has 9 heteroatoms. The number of nitrogens with one attached hydrogen (secondary N) is 2. The molecule has 0 saturated carbocycles. The van der Waals surface area contributed by atoms with E-state index in [9.17, 15) is 19.5 Å². The number of carbonyl (C=O) groups is 3. The lowest BCUT2D eigenvalue weighted by Gasteiger charge is -2.32. The van der Waals surface area contributed by atoms with Crippen LogP contribution in [0.2, 0.25) is 5.02 Å². The number of rotatable bonds is 8. The molecule has 2 atom stereocenters. The maximum atomic E-state index is 14.1. The van der Waals surface area contributed by atoms with Crippen LogP contribution in [-0.4, -0.2) is 46.6 Å². The molecule has 0 bridgehead atoms. The molecule has 0 saturated heterocycles. The van der Waals surface area contributed by atoms with Crippen molar-refractivity contribution in [2.45, 2.75) is 65.6 Å². The van der Waals surface area contributed by atoms with Gasteiger partial charge in [0.25, 0.3) is 5.91 Å². The number of halogens is 1. The van der Waals surface area contributed by atoms with E-state index < -0.39 is 35.6 Å². The Morgan fingerprint density at radius 2 is 1.61 bits per heavy atom. The predicted octanol–water partition coefficient (Wildman–Crippen LogP) is 6.25. The lowest BCUT2D eigenvalue weighted by Crippen LogP contribution is -2.52. The van der Waals surface area contributed by atoms with Crippen molar-refractivity contribution in [1.82, 2.24) is 10.2 Å². The number of hydrogen-bond acceptors (Lipinski definition) is 5. The minimum atomic E-state index is -1.07. The van der Waals surface area contributed by atoms with Crippen LogP contribution in [0, 0.1) is 20.8 Å². The number of benzene rings is 3. The molecular weight excluding hydrogens is 542 g/mol. The van der Waals surface area contributed by atoms with Gasteiger partial charge in [-0.25, -0.2) is 4.79 Å². The molecular formula is C32H38ClN3O5. The fourth-order valence-electron chi connectivity index (χ4n) is 4.36. The SMILES string of the molecule is Cc1ccc(C(C(=O)Nc2c(C)cccc2Cl)N(C)C(=O)C(Cc2ccc(O)cc2)NC(=O)OC(C)(C)C)cc1C. The van der Waals surface area contributed by atoms with Crippen LogP contribution in [0.15, 0.2) is 60.7 Å². The van der Waals surface area contributed by atoms with Crippen LogP contribution in [0.1, 0.15) is 54.6 Å². The van der Waals surface area contributed by atoms with Crippen molar-refractivity contribution in [1.29, 1.82) is 0 Å². The van der Waals surface area contributed by atoms with Gasteiger partial charge in [-0.15, -0.1) is 0 Å². The molecule has 3 N–H and O–H groups in total. The van der Waals surface area contributed by atoms with Gasteiger partial charge in [0, 0.05) is 13.5 Å². The van der Waals surface area contributed by atoms with Crippen molar-refractivity contribution in [3.05, 3.63) is 93.5 Å². The van der Waals surface area contributed by atoms with Gasteiger partial charge in [-0.2, -0.15) is 0 Å². The summed E-state index contributed by atoms with van der Waals surface area (Å²) in [5, 5.41) is 15.7. The summed E-state index contributed by atoms with van der Waals surface area (Å²) in [5.41, 5.74) is 3.76. The topological polar surface area (TPSA) is 108 Å². The number of aromatic hydroxyl groups is 1. The molecule has 3 aromatic carbocycles. The Morgan fingerprint density at radius 1 is 0.951 bits per heavy atom. The van der Waals surface area contributed by atoms with Gasteiger partial charge in [0.1, 0.15) is 23.4 Å². The van der Waals surface area contributed by atoms with Crippen LogP contribution in [0.5, 0.6) is 5.75 Å². The highest BCUT2D eigenvalue weighted by atomic mass is 35.5. The Kier molecular flexibility index (Phi) is 10.0. The molecule has 0 spiro atoms. The molecule has 41 heavy (non-hydrogen) atoms. The summed E-state index contributed by atoms with van der Waals surface area (Å²) in [6.45, 7) is 10.9. The molecule has 0 aliphatic rings. The molecule has 3 amide bonds. The fraction of sp³-hybridized carbons (Fsp3) is 0.344. The Balaban J connectivity index is 2.01. The number of phenols is 1. The largest absolute Gasteiger partial charge is 0.508 e. The second-order valence-electron chi connectivity index (χ2n) is 11.2. The molecule has 3 rings (SSSR count). The van der Waals surface area contributed by atoms with E-state index in [1.807, 2.05) is 45.0 Å². The number of alkyl carbamates (subject to hydrolysis) is 1. The predicted molar refractivity (Wildman–Crippen MR) is 161 cm³/mol. The molecule has 0 radical (unpaired) electrons. The van der Waals surface area contributed by atoms with Crippen LogP contribution in [0.25, 0.3) is 0 Å². The average Bonchev–Trinajstić information content (AvgIpc) is 2.88. The van der Waals surface area contributed by atoms with E-state index in [2.05, 4.69) is 10.6 Å². The highest BCUT2D eigenvalue weighted by Gasteiger charge is 2.35. The first-order valence-electron chi connectivity index (χ1n) is 13.3. The summed E-state index contributed by atoms with van der Waals surface area (Å²) in [4.78, 5) is 42.1. The molecule has 2 unspecified atom stereocenters. The van der Waals surface area contributed by atoms with Crippen molar-refractivity contribution in [2.75, 3.05) is 12.4 Å². The summed E-state index contributed by atoms with van der Waals surface area (Å²) in [6.07, 6.45) is -0.657. The van der Waals surface area contributed by atoms with E-state index >= 15 is 0 Å². The quantitative estimate of drug-likeness (QED) is 0.292. The molecule has 0 aromatic heterocycles. The van der Waals surface area contributed by atoms with Gasteiger partial charge in [-0.3, -0.25) is 9.59 Å². The zero-order valence-corrected chi connectivity index (χ0v) is 25.3. The Bertz CT molecular complexity index is 1400. The summed E-state index contributed by atoms with van der Waals surface area (Å²) in [7, 11) is 1.53. The number of anilines is 1. The first-order chi connectivity index (χ1) is 19.2. The third-order valence-electron chi connectivity index (χ3n) is 6.67. The van der Waals surface area contributed by atoms with Crippen LogP contribution < -0.4 is 10.6 Å². The van der Waals surface area contributed by atoms with E-state index in [4.69, 9.17) is 16.3 Å². The van der Waals surface area contributed by atoms with Crippen molar-refractivity contribution in [3.8, 4) is 5.75 Å². The number of aryl methyl sites for hydroxylation is 3. The van der Waals surface area contributed by atoms with Gasteiger partial charge >= 0.3 is 6.09 Å². The van der Waals surface area contributed by atoms with Gasteiger partial charge in [-0.05, 0) is 87.6 Å². The van der Waals surface area contributed by atoms with Crippen LogP contribution in [0.4, 0.5) is 10.5 Å². The number of nitrogens with zero attached hydrogens (tertiary/aromatic N) is 1. The van der Waals surface area contributed by atoms with Crippen molar-refractivity contribution < 1.29 is 24.2 Å². The first-order valence-corrected chi connectivity index (χ1v) is 13.7. The Labute approximate surface area is 246 Å². The maximum Gasteiger partial charge on any atom is 0.408 e. The van der Waals surface area contributed by atoms with Crippen molar-refractivity contribution >= 4 is 35.2 Å². The molecule has 0 aliphatic heterocycles. The lowest BCUT2D eigenvalue weighted by molar-refractivity contribution is -0.139. The van der Waals surface area contributed by atoms with Gasteiger partial charge in [-0.1, -0.05) is 54.1 Å². The second-order valence-corrected chi connectivity index (χ2v) is 11.6. The van der Waals surface area contributed by atoms with Crippen LogP contribution >= 0.6 is 11.6 Å². The minimum Gasteiger partial charge on any atom is -0.508 e. The number of likely N-dealkylation sites (N-methyl/N-ethyl adjacent to an activating group) is 1.